The molecule has 0 spiro atoms. The molecule has 6 nitrogen and oxygen atoms in total. The molecule has 0 radical (unpaired) electrons. The molecule has 2 aromatic carbocycles. The van der Waals surface area contributed by atoms with Crippen molar-refractivity contribution >= 4 is 35.4 Å². The van der Waals surface area contributed by atoms with Crippen LogP contribution in [-0.2, 0) is 0 Å². The Hall–Kier alpha value is -3.80. The van der Waals surface area contributed by atoms with Crippen molar-refractivity contribution in [2.24, 2.45) is 20.0 Å². The highest BCUT2D eigenvalue weighted by atomic mass is 15.4. The summed E-state index contributed by atoms with van der Waals surface area (Å²) in [5.41, 5.74) is 7.18. The van der Waals surface area contributed by atoms with E-state index in [1.165, 1.54) is 11.9 Å². The maximum Gasteiger partial charge on any atom is 0.239 e. The Morgan fingerprint density at radius 3 is 2.24 bits per heavy atom. The molecular formula is C23H20N6. The van der Waals surface area contributed by atoms with E-state index in [0.29, 0.717) is 11.9 Å². The molecule has 29 heavy (non-hydrogen) atoms. The molecule has 0 fully saturated rings. The first-order chi connectivity index (χ1) is 14.1. The highest BCUT2D eigenvalue weighted by molar-refractivity contribution is 6.22. The van der Waals surface area contributed by atoms with Gasteiger partial charge in [-0.2, -0.15) is 0 Å². The van der Waals surface area contributed by atoms with E-state index >= 15 is 0 Å². The van der Waals surface area contributed by atoms with Crippen molar-refractivity contribution in [3.05, 3.63) is 83.1 Å². The third-order valence-electron chi connectivity index (χ3n) is 5.04. The van der Waals surface area contributed by atoms with Crippen molar-refractivity contribution in [2.75, 3.05) is 19.0 Å². The van der Waals surface area contributed by atoms with Gasteiger partial charge in [0, 0.05) is 30.9 Å². The lowest BCUT2D eigenvalue weighted by atomic mass is 10.0. The van der Waals surface area contributed by atoms with Crippen molar-refractivity contribution in [1.29, 1.82) is 0 Å². The molecule has 3 heterocycles. The number of nitrogens with zero attached hydrogens (tertiary/aromatic N) is 6. The van der Waals surface area contributed by atoms with Crippen LogP contribution in [0.5, 0.6) is 0 Å². The second-order valence-electron chi connectivity index (χ2n) is 7.32. The third kappa shape index (κ3) is 3.08. The maximum atomic E-state index is 4.74. The van der Waals surface area contributed by atoms with Crippen LogP contribution in [0.25, 0.3) is 5.70 Å². The van der Waals surface area contributed by atoms with E-state index in [-0.39, 0.29) is 0 Å². The predicted molar refractivity (Wildman–Crippen MR) is 120 cm³/mol. The number of allylic oxidation sites excluding steroid dienone is 2. The lowest BCUT2D eigenvalue weighted by Gasteiger charge is -2.31. The van der Waals surface area contributed by atoms with E-state index in [2.05, 4.69) is 82.5 Å². The molecule has 3 aliphatic rings. The second kappa shape index (κ2) is 6.67. The van der Waals surface area contributed by atoms with Gasteiger partial charge in [-0.3, -0.25) is 0 Å². The summed E-state index contributed by atoms with van der Waals surface area (Å²) in [6, 6.07) is 16.7. The topological polar surface area (TPSA) is 55.9 Å². The van der Waals surface area contributed by atoms with Gasteiger partial charge in [-0.25, -0.2) is 24.9 Å². The predicted octanol–water partition coefficient (Wildman–Crippen LogP) is 3.86. The van der Waals surface area contributed by atoms with E-state index in [0.717, 1.165) is 33.9 Å². The summed E-state index contributed by atoms with van der Waals surface area (Å²) in [5, 5.41) is 0. The van der Waals surface area contributed by atoms with Gasteiger partial charge in [0.25, 0.3) is 0 Å². The maximum absolute atomic E-state index is 4.74. The Morgan fingerprint density at radius 1 is 0.793 bits per heavy atom. The first kappa shape index (κ1) is 17.3. The van der Waals surface area contributed by atoms with Crippen LogP contribution in [0, 0.1) is 6.92 Å². The Morgan fingerprint density at radius 2 is 1.52 bits per heavy atom. The third-order valence-corrected chi connectivity index (χ3v) is 5.04. The van der Waals surface area contributed by atoms with Crippen LogP contribution in [0.3, 0.4) is 0 Å². The summed E-state index contributed by atoms with van der Waals surface area (Å²) in [6.45, 7) is 2.08. The summed E-state index contributed by atoms with van der Waals surface area (Å²) in [4.78, 5) is 22.2. The first-order valence-corrected chi connectivity index (χ1v) is 9.44. The molecule has 0 bridgehead atoms. The summed E-state index contributed by atoms with van der Waals surface area (Å²) < 4.78 is 0. The van der Waals surface area contributed by atoms with Gasteiger partial charge in [0.1, 0.15) is 6.34 Å². The fourth-order valence-corrected chi connectivity index (χ4v) is 3.41. The standard InChI is InChI=1S/C23H20N6/c1-15-4-6-16(7-5-15)20-12-19-13-21(17-8-10-18(11-9-17)28(2)3)27-23-25-14-24-22(26-20)29(19)23/h4-14H,1-3H3. The van der Waals surface area contributed by atoms with Crippen LogP contribution < -0.4 is 4.90 Å². The first-order valence-electron chi connectivity index (χ1n) is 9.44. The largest absolute Gasteiger partial charge is 0.378 e. The molecule has 3 aliphatic heterocycles. The van der Waals surface area contributed by atoms with Crippen LogP contribution in [0.15, 0.2) is 86.3 Å². The van der Waals surface area contributed by atoms with E-state index < -0.39 is 0 Å². The van der Waals surface area contributed by atoms with Gasteiger partial charge >= 0.3 is 0 Å². The van der Waals surface area contributed by atoms with Crippen LogP contribution in [-0.4, -0.2) is 43.0 Å². The fourth-order valence-electron chi connectivity index (χ4n) is 3.41. The second-order valence-corrected chi connectivity index (χ2v) is 7.32. The monoisotopic (exact) mass is 380 g/mol. The van der Waals surface area contributed by atoms with Crippen molar-refractivity contribution in [3.8, 4) is 0 Å². The van der Waals surface area contributed by atoms with Gasteiger partial charge in [-0.05, 0) is 31.2 Å². The minimum absolute atomic E-state index is 0.585. The minimum atomic E-state index is 0.585. The van der Waals surface area contributed by atoms with Gasteiger partial charge in [-0.1, -0.05) is 42.0 Å². The summed E-state index contributed by atoms with van der Waals surface area (Å²) in [7, 11) is 4.06. The van der Waals surface area contributed by atoms with Gasteiger partial charge in [0.15, 0.2) is 0 Å². The smallest absolute Gasteiger partial charge is 0.239 e. The zero-order valence-electron chi connectivity index (χ0n) is 16.5. The van der Waals surface area contributed by atoms with Crippen LogP contribution in [0.4, 0.5) is 5.69 Å². The molecule has 0 saturated carbocycles. The summed E-state index contributed by atoms with van der Waals surface area (Å²) >= 11 is 0. The number of hydrogen-bond acceptors (Lipinski definition) is 6. The van der Waals surface area contributed by atoms with Crippen molar-refractivity contribution < 1.29 is 0 Å². The SMILES string of the molecule is Cc1ccc(C2=CC3=CC(c4ccc(N(C)C)cc4)=NC4=NC=NC(=N2)N34)cc1. The highest BCUT2D eigenvalue weighted by Gasteiger charge is 2.30. The molecule has 0 atom stereocenters. The van der Waals surface area contributed by atoms with Crippen LogP contribution >= 0.6 is 0 Å². The number of rotatable bonds is 3. The molecule has 142 valence electrons. The zero-order valence-corrected chi connectivity index (χ0v) is 16.5. The van der Waals surface area contributed by atoms with Gasteiger partial charge in [0.05, 0.1) is 17.1 Å². The number of hydrogen-bond donors (Lipinski definition) is 0. The van der Waals surface area contributed by atoms with E-state index in [4.69, 9.17) is 9.98 Å². The molecule has 0 N–H and O–H groups in total. The van der Waals surface area contributed by atoms with Crippen LogP contribution in [0.2, 0.25) is 0 Å². The van der Waals surface area contributed by atoms with Crippen molar-refractivity contribution in [3.63, 3.8) is 0 Å². The Bertz CT molecular complexity index is 1160. The fraction of sp³-hybridized carbons (Fsp3) is 0.130. The number of aryl methyl sites for hydroxylation is 1. The lowest BCUT2D eigenvalue weighted by molar-refractivity contribution is 0.738. The molecule has 2 aromatic rings. The Kier molecular flexibility index (Phi) is 3.98. The van der Waals surface area contributed by atoms with Gasteiger partial charge in [0.2, 0.25) is 11.9 Å². The minimum Gasteiger partial charge on any atom is -0.378 e. The quantitative estimate of drug-likeness (QED) is 0.812. The van der Waals surface area contributed by atoms with E-state index in [9.17, 15) is 0 Å². The molecule has 0 unspecified atom stereocenters. The molecule has 0 aliphatic carbocycles. The van der Waals surface area contributed by atoms with Crippen molar-refractivity contribution in [1.82, 2.24) is 4.90 Å². The molecule has 0 saturated heterocycles. The average molecular weight is 380 g/mol. The lowest BCUT2D eigenvalue weighted by Crippen LogP contribution is -2.40. The average Bonchev–Trinajstić information content (AvgIpc) is 2.74. The number of anilines is 1. The Labute approximate surface area is 169 Å². The highest BCUT2D eigenvalue weighted by Crippen LogP contribution is 2.30. The Balaban J connectivity index is 1.58. The number of guanidine groups is 2. The number of aliphatic imine (C=N–C) groups is 4. The molecule has 6 heteroatoms. The molecule has 0 aromatic heterocycles. The normalized spacial score (nSPS) is 16.9. The molecular weight excluding hydrogens is 360 g/mol. The number of benzene rings is 2. The summed E-state index contributed by atoms with van der Waals surface area (Å²) in [5.74, 6) is 1.17. The van der Waals surface area contributed by atoms with Crippen molar-refractivity contribution in [2.45, 2.75) is 6.92 Å². The van der Waals surface area contributed by atoms with E-state index in [1.54, 1.807) is 0 Å². The summed E-state index contributed by atoms with van der Waals surface area (Å²) in [6.07, 6.45) is 5.64. The van der Waals surface area contributed by atoms with Gasteiger partial charge in [-0.15, -0.1) is 0 Å². The van der Waals surface area contributed by atoms with Gasteiger partial charge < -0.3 is 4.90 Å². The zero-order chi connectivity index (χ0) is 20.0. The van der Waals surface area contributed by atoms with E-state index in [1.807, 2.05) is 19.0 Å². The molecule has 5 rings (SSSR count). The molecule has 0 amide bonds. The van der Waals surface area contributed by atoms with Crippen LogP contribution in [0.1, 0.15) is 16.7 Å².